The van der Waals surface area contributed by atoms with Gasteiger partial charge in [0, 0.05) is 22.7 Å². The van der Waals surface area contributed by atoms with E-state index < -0.39 is 0 Å². The van der Waals surface area contributed by atoms with Gasteiger partial charge in [-0.25, -0.2) is 0 Å². The van der Waals surface area contributed by atoms with Crippen LogP contribution in [0.1, 0.15) is 53.8 Å². The molecule has 1 aliphatic heterocycles. The van der Waals surface area contributed by atoms with Crippen LogP contribution in [0.2, 0.25) is 5.02 Å². The summed E-state index contributed by atoms with van der Waals surface area (Å²) in [5.41, 5.74) is 3.00. The largest absolute Gasteiger partial charge is 0.507 e. The Morgan fingerprint density at radius 2 is 1.91 bits per heavy atom. The first-order chi connectivity index (χ1) is 15.5. The van der Waals surface area contributed by atoms with E-state index in [1.165, 1.54) is 6.07 Å². The molecule has 7 nitrogen and oxygen atoms in total. The van der Waals surface area contributed by atoms with Gasteiger partial charge in [-0.05, 0) is 42.3 Å². The molecule has 8 heteroatoms. The number of aromatic amines is 1. The summed E-state index contributed by atoms with van der Waals surface area (Å²) < 4.78 is 10.9. The lowest BCUT2D eigenvalue weighted by Gasteiger charge is -2.27. The number of halogens is 1. The molecule has 2 heterocycles. The number of carbonyl (C=O) groups excluding carboxylic acids is 1. The van der Waals surface area contributed by atoms with Crippen molar-refractivity contribution in [1.82, 2.24) is 15.1 Å². The van der Waals surface area contributed by atoms with Crippen molar-refractivity contribution in [1.29, 1.82) is 0 Å². The third-order valence-electron chi connectivity index (χ3n) is 5.80. The third kappa shape index (κ3) is 3.77. The number of rotatable bonds is 8. The van der Waals surface area contributed by atoms with Crippen molar-refractivity contribution in [3.8, 4) is 28.5 Å². The predicted molar refractivity (Wildman–Crippen MR) is 123 cm³/mol. The lowest BCUT2D eigenvalue weighted by atomic mass is 9.95. The van der Waals surface area contributed by atoms with Gasteiger partial charge in [-0.3, -0.25) is 9.89 Å². The molecule has 0 spiro atoms. The number of nitrogens with zero attached hydrogens (tertiary/aromatic N) is 2. The fourth-order valence-corrected chi connectivity index (χ4v) is 4.40. The molecule has 3 aromatic rings. The Bertz CT molecular complexity index is 1140. The van der Waals surface area contributed by atoms with E-state index in [0.717, 1.165) is 30.4 Å². The van der Waals surface area contributed by atoms with Gasteiger partial charge in [0.15, 0.2) is 11.5 Å². The van der Waals surface area contributed by atoms with Crippen LogP contribution in [-0.2, 0) is 0 Å². The van der Waals surface area contributed by atoms with Crippen LogP contribution in [-0.4, -0.2) is 46.9 Å². The number of hydrogen-bond acceptors (Lipinski definition) is 5. The van der Waals surface area contributed by atoms with Gasteiger partial charge < -0.3 is 19.5 Å². The highest BCUT2D eigenvalue weighted by atomic mass is 35.5. The number of nitrogens with one attached hydrogen (secondary N) is 1. The fraction of sp³-hybridized carbons (Fsp3) is 0.333. The third-order valence-corrected chi connectivity index (χ3v) is 6.04. The Kier molecular flexibility index (Phi) is 6.28. The molecule has 1 amide bonds. The van der Waals surface area contributed by atoms with Crippen molar-refractivity contribution in [2.24, 2.45) is 0 Å². The number of aromatic nitrogens is 2. The maximum absolute atomic E-state index is 13.4. The second-order valence-corrected chi connectivity index (χ2v) is 8.18. The van der Waals surface area contributed by atoms with Crippen molar-refractivity contribution in [2.75, 3.05) is 20.8 Å². The Morgan fingerprint density at radius 1 is 1.12 bits per heavy atom. The molecule has 1 unspecified atom stereocenters. The van der Waals surface area contributed by atoms with Gasteiger partial charge in [0.25, 0.3) is 5.91 Å². The molecule has 0 bridgehead atoms. The summed E-state index contributed by atoms with van der Waals surface area (Å²) in [6.45, 7) is 2.74. The Balaban J connectivity index is 1.87. The van der Waals surface area contributed by atoms with Crippen molar-refractivity contribution in [2.45, 2.75) is 32.2 Å². The quantitative estimate of drug-likeness (QED) is 0.456. The van der Waals surface area contributed by atoms with Crippen LogP contribution in [0.15, 0.2) is 36.4 Å². The zero-order chi connectivity index (χ0) is 22.8. The zero-order valence-electron chi connectivity index (χ0n) is 18.3. The number of unbranched alkanes of at least 4 members (excludes halogenated alkanes) is 2. The lowest BCUT2D eigenvalue weighted by Crippen LogP contribution is -2.30. The molecule has 4 rings (SSSR count). The van der Waals surface area contributed by atoms with E-state index in [9.17, 15) is 9.90 Å². The van der Waals surface area contributed by atoms with Crippen molar-refractivity contribution in [3.63, 3.8) is 0 Å². The molecule has 0 fully saturated rings. The minimum atomic E-state index is -0.388. The molecule has 1 aromatic heterocycles. The maximum atomic E-state index is 13.4. The fourth-order valence-electron chi connectivity index (χ4n) is 4.23. The number of carbonyl (C=O) groups is 1. The standard InChI is InChI=1S/C24H26ClN3O4/c1-4-5-6-11-28-23(14-7-10-18(31-2)19(12-14)32-3)20-21(26-27-22(20)24(28)30)16-13-15(25)8-9-17(16)29/h7-10,12-13,23,29H,4-6,11H2,1-3H3,(H,26,27). The highest BCUT2D eigenvalue weighted by Gasteiger charge is 2.42. The molecular weight excluding hydrogens is 430 g/mol. The van der Waals surface area contributed by atoms with Crippen LogP contribution in [0.5, 0.6) is 17.2 Å². The van der Waals surface area contributed by atoms with Crippen molar-refractivity contribution >= 4 is 17.5 Å². The summed E-state index contributed by atoms with van der Waals surface area (Å²) in [5.74, 6) is 1.12. The van der Waals surface area contributed by atoms with Crippen LogP contribution in [0.25, 0.3) is 11.3 Å². The molecule has 0 saturated carbocycles. The van der Waals surface area contributed by atoms with Gasteiger partial charge in [-0.1, -0.05) is 37.4 Å². The number of benzene rings is 2. The number of H-pyrrole nitrogens is 1. The highest BCUT2D eigenvalue weighted by molar-refractivity contribution is 6.31. The van der Waals surface area contributed by atoms with Crippen LogP contribution >= 0.6 is 11.6 Å². The predicted octanol–water partition coefficient (Wildman–Crippen LogP) is 5.19. The summed E-state index contributed by atoms with van der Waals surface area (Å²) in [6, 6.07) is 10.0. The number of hydrogen-bond donors (Lipinski definition) is 2. The number of methoxy groups -OCH3 is 2. The van der Waals surface area contributed by atoms with Gasteiger partial charge in [0.2, 0.25) is 0 Å². The van der Waals surface area contributed by atoms with E-state index in [1.54, 1.807) is 26.4 Å². The molecular formula is C24H26ClN3O4. The number of ether oxygens (including phenoxy) is 2. The van der Waals surface area contributed by atoms with E-state index in [4.69, 9.17) is 21.1 Å². The van der Waals surface area contributed by atoms with E-state index in [-0.39, 0.29) is 17.7 Å². The van der Waals surface area contributed by atoms with Gasteiger partial charge in [0.1, 0.15) is 17.1 Å². The van der Waals surface area contributed by atoms with Gasteiger partial charge in [0.05, 0.1) is 20.3 Å². The Hall–Kier alpha value is -3.19. The molecule has 2 N–H and O–H groups in total. The normalized spacial score (nSPS) is 15.2. The second-order valence-electron chi connectivity index (χ2n) is 7.74. The molecule has 168 valence electrons. The number of phenolic OH excluding ortho intramolecular Hbond substituents is 1. The molecule has 1 aliphatic rings. The molecule has 0 aliphatic carbocycles. The Labute approximate surface area is 191 Å². The van der Waals surface area contributed by atoms with E-state index >= 15 is 0 Å². The van der Waals surface area contributed by atoms with E-state index in [2.05, 4.69) is 17.1 Å². The van der Waals surface area contributed by atoms with Gasteiger partial charge in [-0.2, -0.15) is 5.10 Å². The lowest BCUT2D eigenvalue weighted by molar-refractivity contribution is 0.0740. The Morgan fingerprint density at radius 3 is 2.62 bits per heavy atom. The summed E-state index contributed by atoms with van der Waals surface area (Å²) in [4.78, 5) is 15.2. The van der Waals surface area contributed by atoms with Gasteiger partial charge >= 0.3 is 0 Å². The smallest absolute Gasteiger partial charge is 0.273 e. The first kappa shape index (κ1) is 22.0. The number of fused-ring (bicyclic) bond motifs is 1. The number of amides is 1. The first-order valence-electron chi connectivity index (χ1n) is 10.6. The molecule has 32 heavy (non-hydrogen) atoms. The molecule has 1 atom stereocenters. The average molecular weight is 456 g/mol. The zero-order valence-corrected chi connectivity index (χ0v) is 19.1. The minimum Gasteiger partial charge on any atom is -0.507 e. The van der Waals surface area contributed by atoms with Crippen molar-refractivity contribution < 1.29 is 19.4 Å². The van der Waals surface area contributed by atoms with Crippen LogP contribution < -0.4 is 9.47 Å². The monoisotopic (exact) mass is 455 g/mol. The summed E-state index contributed by atoms with van der Waals surface area (Å²) in [5, 5.41) is 18.3. The van der Waals surface area contributed by atoms with E-state index in [1.807, 2.05) is 23.1 Å². The topological polar surface area (TPSA) is 87.7 Å². The number of phenols is 1. The minimum absolute atomic E-state index is 0.0478. The number of aromatic hydroxyl groups is 1. The van der Waals surface area contributed by atoms with Crippen LogP contribution in [0.4, 0.5) is 0 Å². The van der Waals surface area contributed by atoms with Crippen LogP contribution in [0.3, 0.4) is 0 Å². The first-order valence-corrected chi connectivity index (χ1v) is 11.0. The average Bonchev–Trinajstić information content (AvgIpc) is 3.34. The maximum Gasteiger partial charge on any atom is 0.273 e. The van der Waals surface area contributed by atoms with Crippen LogP contribution in [0, 0.1) is 0 Å². The summed E-state index contributed by atoms with van der Waals surface area (Å²) >= 11 is 6.20. The van der Waals surface area contributed by atoms with Gasteiger partial charge in [-0.15, -0.1) is 0 Å². The molecule has 2 aromatic carbocycles. The molecule has 0 saturated heterocycles. The SMILES string of the molecule is CCCCCN1C(=O)c2[nH]nc(-c3cc(Cl)ccc3O)c2C1c1ccc(OC)c(OC)c1. The van der Waals surface area contributed by atoms with Crippen molar-refractivity contribution in [3.05, 3.63) is 58.2 Å². The highest BCUT2D eigenvalue weighted by Crippen LogP contribution is 2.46. The summed E-state index contributed by atoms with van der Waals surface area (Å²) in [7, 11) is 3.17. The second kappa shape index (κ2) is 9.12. The van der Waals surface area contributed by atoms with E-state index in [0.29, 0.717) is 40.0 Å². The summed E-state index contributed by atoms with van der Waals surface area (Å²) in [6.07, 6.45) is 2.97. The molecule has 0 radical (unpaired) electrons.